The molecule has 0 saturated carbocycles. The van der Waals surface area contributed by atoms with Gasteiger partial charge in [-0.1, -0.05) is 25.5 Å². The molecule has 140 valence electrons. The van der Waals surface area contributed by atoms with Crippen molar-refractivity contribution >= 4 is 17.5 Å². The first-order valence-corrected chi connectivity index (χ1v) is 9.00. The van der Waals surface area contributed by atoms with E-state index in [9.17, 15) is 10.1 Å². The van der Waals surface area contributed by atoms with E-state index in [-0.39, 0.29) is 18.5 Å². The molecule has 1 N–H and O–H groups in total. The number of nitriles is 1. The number of aromatic amines is 1. The smallest absolute Gasteiger partial charge is 0.315 e. The highest BCUT2D eigenvalue weighted by atomic mass is 16.5. The van der Waals surface area contributed by atoms with E-state index in [0.29, 0.717) is 23.6 Å². The number of rotatable bonds is 6. The SMILES string of the molecule is CCCC1=Nc2[nH]ncc2C(c2cccc(C#N)c2OC)C1C(=O)OCC. The maximum absolute atomic E-state index is 12.9. The predicted molar refractivity (Wildman–Crippen MR) is 100 cm³/mol. The normalized spacial score (nSPS) is 18.2. The van der Waals surface area contributed by atoms with Crippen LogP contribution in [-0.4, -0.2) is 35.6 Å². The second kappa shape index (κ2) is 8.04. The van der Waals surface area contributed by atoms with Crippen molar-refractivity contribution in [3.05, 3.63) is 41.1 Å². The van der Waals surface area contributed by atoms with E-state index in [1.54, 1.807) is 25.3 Å². The lowest BCUT2D eigenvalue weighted by Gasteiger charge is -2.31. The fourth-order valence-corrected chi connectivity index (χ4v) is 3.63. The largest absolute Gasteiger partial charge is 0.495 e. The molecule has 0 fully saturated rings. The first-order chi connectivity index (χ1) is 13.2. The average Bonchev–Trinajstić information content (AvgIpc) is 3.14. The highest BCUT2D eigenvalue weighted by Gasteiger charge is 2.42. The summed E-state index contributed by atoms with van der Waals surface area (Å²) < 4.78 is 10.9. The summed E-state index contributed by atoms with van der Waals surface area (Å²) in [6, 6.07) is 7.52. The van der Waals surface area contributed by atoms with Gasteiger partial charge >= 0.3 is 5.97 Å². The van der Waals surface area contributed by atoms with Gasteiger partial charge in [0.2, 0.25) is 0 Å². The van der Waals surface area contributed by atoms with Gasteiger partial charge in [0, 0.05) is 22.8 Å². The number of methoxy groups -OCH3 is 1. The van der Waals surface area contributed by atoms with Gasteiger partial charge in [-0.05, 0) is 19.4 Å². The van der Waals surface area contributed by atoms with Gasteiger partial charge in [-0.2, -0.15) is 10.4 Å². The van der Waals surface area contributed by atoms with Crippen LogP contribution < -0.4 is 4.74 Å². The molecular weight excluding hydrogens is 344 g/mol. The molecule has 1 aliphatic heterocycles. The number of aromatic nitrogens is 2. The van der Waals surface area contributed by atoms with Crippen molar-refractivity contribution in [1.82, 2.24) is 10.2 Å². The maximum atomic E-state index is 12.9. The summed E-state index contributed by atoms with van der Waals surface area (Å²) in [5.74, 6) is -0.207. The van der Waals surface area contributed by atoms with E-state index < -0.39 is 5.92 Å². The molecule has 27 heavy (non-hydrogen) atoms. The third kappa shape index (κ3) is 3.31. The second-order valence-electron chi connectivity index (χ2n) is 6.27. The summed E-state index contributed by atoms with van der Waals surface area (Å²) in [6.07, 6.45) is 3.19. The zero-order valence-electron chi connectivity index (χ0n) is 15.7. The molecule has 0 bridgehead atoms. The third-order valence-corrected chi connectivity index (χ3v) is 4.68. The van der Waals surface area contributed by atoms with E-state index in [4.69, 9.17) is 9.47 Å². The standard InChI is InChI=1S/C20H22N4O3/c1-4-7-15-17(20(25)27-5-2)16(14-11-22-24-19(14)23-15)13-9-6-8-12(10-21)18(13)26-3/h6,8-9,11,16-17H,4-5,7H2,1-3H3,(H,22,24). The lowest BCUT2D eigenvalue weighted by molar-refractivity contribution is -0.146. The number of H-pyrrole nitrogens is 1. The first-order valence-electron chi connectivity index (χ1n) is 9.00. The van der Waals surface area contributed by atoms with Crippen LogP contribution in [0.15, 0.2) is 29.4 Å². The molecule has 0 saturated heterocycles. The molecule has 3 rings (SSSR count). The Balaban J connectivity index is 2.23. The number of aliphatic imine (C=N–C) groups is 1. The van der Waals surface area contributed by atoms with Crippen molar-refractivity contribution in [1.29, 1.82) is 5.26 Å². The molecule has 0 spiro atoms. The van der Waals surface area contributed by atoms with Crippen molar-refractivity contribution in [2.24, 2.45) is 10.9 Å². The van der Waals surface area contributed by atoms with Crippen molar-refractivity contribution in [3.63, 3.8) is 0 Å². The van der Waals surface area contributed by atoms with Gasteiger partial charge in [-0.25, -0.2) is 4.99 Å². The molecule has 7 heteroatoms. The minimum Gasteiger partial charge on any atom is -0.495 e. The number of nitrogens with zero attached hydrogens (tertiary/aromatic N) is 3. The quantitative estimate of drug-likeness (QED) is 0.789. The number of ether oxygens (including phenoxy) is 2. The van der Waals surface area contributed by atoms with Gasteiger partial charge < -0.3 is 9.47 Å². The van der Waals surface area contributed by atoms with E-state index in [0.717, 1.165) is 23.3 Å². The van der Waals surface area contributed by atoms with Crippen molar-refractivity contribution < 1.29 is 14.3 Å². The number of hydrogen-bond donors (Lipinski definition) is 1. The molecule has 2 atom stereocenters. The van der Waals surface area contributed by atoms with Crippen LogP contribution in [-0.2, 0) is 9.53 Å². The summed E-state index contributed by atoms with van der Waals surface area (Å²) in [5, 5.41) is 16.5. The van der Waals surface area contributed by atoms with Crippen LogP contribution in [0.2, 0.25) is 0 Å². The van der Waals surface area contributed by atoms with Crippen molar-refractivity contribution in [3.8, 4) is 11.8 Å². The molecule has 0 amide bonds. The van der Waals surface area contributed by atoms with Crippen LogP contribution >= 0.6 is 0 Å². The Morgan fingerprint density at radius 2 is 2.15 bits per heavy atom. The molecule has 0 aliphatic carbocycles. The molecular formula is C20H22N4O3. The predicted octanol–water partition coefficient (Wildman–Crippen LogP) is 3.49. The molecule has 2 heterocycles. The summed E-state index contributed by atoms with van der Waals surface area (Å²) in [7, 11) is 1.53. The van der Waals surface area contributed by atoms with Gasteiger partial charge in [0.25, 0.3) is 0 Å². The zero-order chi connectivity index (χ0) is 19.4. The molecule has 7 nitrogen and oxygen atoms in total. The molecule has 2 unspecified atom stereocenters. The first kappa shape index (κ1) is 18.6. The number of benzene rings is 1. The van der Waals surface area contributed by atoms with Crippen LogP contribution in [0.5, 0.6) is 5.75 Å². The topological polar surface area (TPSA) is 100 Å². The van der Waals surface area contributed by atoms with Gasteiger partial charge in [-0.15, -0.1) is 0 Å². The number of fused-ring (bicyclic) bond motifs is 1. The van der Waals surface area contributed by atoms with E-state index in [1.165, 1.54) is 7.11 Å². The Morgan fingerprint density at radius 1 is 1.33 bits per heavy atom. The lowest BCUT2D eigenvalue weighted by Crippen LogP contribution is -2.34. The van der Waals surface area contributed by atoms with Gasteiger partial charge in [0.15, 0.2) is 5.82 Å². The van der Waals surface area contributed by atoms with Crippen LogP contribution in [0.25, 0.3) is 0 Å². The number of carbonyl (C=O) groups excluding carboxylic acids is 1. The molecule has 0 radical (unpaired) electrons. The Kier molecular flexibility index (Phi) is 5.55. The van der Waals surface area contributed by atoms with Crippen molar-refractivity contribution in [2.45, 2.75) is 32.6 Å². The number of carbonyl (C=O) groups is 1. The number of nitrogens with one attached hydrogen (secondary N) is 1. The highest BCUT2D eigenvalue weighted by Crippen LogP contribution is 2.46. The average molecular weight is 366 g/mol. The molecule has 1 aromatic carbocycles. The minimum absolute atomic E-state index is 0.287. The summed E-state index contributed by atoms with van der Waals surface area (Å²) in [4.78, 5) is 17.6. The van der Waals surface area contributed by atoms with Crippen LogP contribution in [0, 0.1) is 17.2 Å². The van der Waals surface area contributed by atoms with Crippen LogP contribution in [0.3, 0.4) is 0 Å². The minimum atomic E-state index is -0.585. The maximum Gasteiger partial charge on any atom is 0.315 e. The lowest BCUT2D eigenvalue weighted by atomic mass is 9.75. The van der Waals surface area contributed by atoms with Gasteiger partial charge in [-0.3, -0.25) is 9.89 Å². The van der Waals surface area contributed by atoms with Gasteiger partial charge in [0.05, 0.1) is 25.5 Å². The summed E-state index contributed by atoms with van der Waals surface area (Å²) >= 11 is 0. The van der Waals surface area contributed by atoms with E-state index >= 15 is 0 Å². The summed E-state index contributed by atoms with van der Waals surface area (Å²) in [6.45, 7) is 4.11. The van der Waals surface area contributed by atoms with Crippen molar-refractivity contribution in [2.75, 3.05) is 13.7 Å². The number of esters is 1. The monoisotopic (exact) mass is 366 g/mol. The fourth-order valence-electron chi connectivity index (χ4n) is 3.63. The Bertz CT molecular complexity index is 910. The summed E-state index contributed by atoms with van der Waals surface area (Å²) in [5.41, 5.74) is 2.71. The highest BCUT2D eigenvalue weighted by molar-refractivity contribution is 6.06. The second-order valence-corrected chi connectivity index (χ2v) is 6.27. The fraction of sp³-hybridized carbons (Fsp3) is 0.400. The number of para-hydroxylation sites is 1. The van der Waals surface area contributed by atoms with E-state index in [1.807, 2.05) is 13.0 Å². The van der Waals surface area contributed by atoms with Crippen LogP contribution in [0.1, 0.15) is 49.3 Å². The number of hydrogen-bond acceptors (Lipinski definition) is 6. The molecule has 1 aromatic heterocycles. The molecule has 1 aliphatic rings. The Hall–Kier alpha value is -3.14. The zero-order valence-corrected chi connectivity index (χ0v) is 15.7. The Labute approximate surface area is 158 Å². The van der Waals surface area contributed by atoms with Crippen LogP contribution in [0.4, 0.5) is 5.82 Å². The van der Waals surface area contributed by atoms with Gasteiger partial charge in [0.1, 0.15) is 17.7 Å². The van der Waals surface area contributed by atoms with E-state index in [2.05, 4.69) is 21.3 Å². The Morgan fingerprint density at radius 3 is 2.81 bits per heavy atom. The molecule has 2 aromatic rings. The third-order valence-electron chi connectivity index (χ3n) is 4.68.